The minimum absolute atomic E-state index is 0.0306. The number of halogens is 1. The van der Waals surface area contributed by atoms with Crippen molar-refractivity contribution in [1.29, 1.82) is 0 Å². The largest absolute Gasteiger partial charge is 0.352 e. The third-order valence-corrected chi connectivity index (χ3v) is 5.87. The monoisotopic (exact) mass is 383 g/mol. The summed E-state index contributed by atoms with van der Waals surface area (Å²) in [5.74, 6) is -0.159. The van der Waals surface area contributed by atoms with Crippen LogP contribution in [0.4, 0.5) is 4.39 Å². The molecule has 1 aliphatic heterocycles. The molecule has 1 fully saturated rings. The Bertz CT molecular complexity index is 895. The molecular weight excluding hydrogens is 357 g/mol. The Labute approximate surface area is 164 Å². The summed E-state index contributed by atoms with van der Waals surface area (Å²) < 4.78 is 15.4. The van der Waals surface area contributed by atoms with Crippen LogP contribution in [0.5, 0.6) is 0 Å². The van der Waals surface area contributed by atoms with Crippen LogP contribution in [0.3, 0.4) is 0 Å². The molecule has 1 aromatic carbocycles. The average Bonchev–Trinajstić information content (AvgIpc) is 3.26. The van der Waals surface area contributed by atoms with Gasteiger partial charge in [-0.25, -0.2) is 4.39 Å². The van der Waals surface area contributed by atoms with E-state index in [-0.39, 0.29) is 30.0 Å². The second kappa shape index (κ2) is 7.87. The van der Waals surface area contributed by atoms with Gasteiger partial charge in [0.15, 0.2) is 5.78 Å². The maximum absolute atomic E-state index is 13.2. The molecule has 0 bridgehead atoms. The lowest BCUT2D eigenvalue weighted by molar-refractivity contribution is -0.121. The third-order valence-electron chi connectivity index (χ3n) is 5.87. The van der Waals surface area contributed by atoms with Crippen LogP contribution in [0.2, 0.25) is 0 Å². The average molecular weight is 383 g/mol. The minimum Gasteiger partial charge on any atom is -0.352 e. The lowest BCUT2D eigenvalue weighted by Crippen LogP contribution is -2.37. The van der Waals surface area contributed by atoms with Crippen molar-refractivity contribution in [3.8, 4) is 0 Å². The minimum atomic E-state index is -0.260. The zero-order valence-corrected chi connectivity index (χ0v) is 16.2. The fraction of sp³-hybridized carbons (Fsp3) is 0.455. The van der Waals surface area contributed by atoms with Crippen molar-refractivity contribution < 1.29 is 14.0 Å². The van der Waals surface area contributed by atoms with Gasteiger partial charge in [-0.2, -0.15) is 0 Å². The first-order valence-corrected chi connectivity index (χ1v) is 10.0. The number of aromatic nitrogens is 1. The van der Waals surface area contributed by atoms with E-state index >= 15 is 0 Å². The maximum Gasteiger partial charge on any atom is 0.224 e. The number of benzene rings is 1. The quantitative estimate of drug-likeness (QED) is 0.834. The smallest absolute Gasteiger partial charge is 0.224 e. The Morgan fingerprint density at radius 1 is 1.29 bits per heavy atom. The SMILES string of the molecule is Cc1c(CC(=O)N[C@@H]2CCNC2)c2c(n1Cc1ccc(F)cc1)CCCC2=O. The molecule has 1 aromatic heterocycles. The zero-order valence-electron chi connectivity index (χ0n) is 16.2. The van der Waals surface area contributed by atoms with Gasteiger partial charge in [-0.1, -0.05) is 12.1 Å². The van der Waals surface area contributed by atoms with Crippen LogP contribution in [0.15, 0.2) is 24.3 Å². The van der Waals surface area contributed by atoms with Crippen LogP contribution < -0.4 is 10.6 Å². The second-order valence-corrected chi connectivity index (χ2v) is 7.81. The van der Waals surface area contributed by atoms with Gasteiger partial charge < -0.3 is 15.2 Å². The van der Waals surface area contributed by atoms with Gasteiger partial charge >= 0.3 is 0 Å². The molecule has 2 aromatic rings. The van der Waals surface area contributed by atoms with Gasteiger partial charge in [-0.15, -0.1) is 0 Å². The number of hydrogen-bond donors (Lipinski definition) is 2. The van der Waals surface area contributed by atoms with Crippen molar-refractivity contribution in [2.45, 2.75) is 51.6 Å². The van der Waals surface area contributed by atoms with Crippen molar-refractivity contribution in [2.24, 2.45) is 0 Å². The number of nitrogens with one attached hydrogen (secondary N) is 2. The molecule has 28 heavy (non-hydrogen) atoms. The van der Waals surface area contributed by atoms with E-state index < -0.39 is 0 Å². The predicted molar refractivity (Wildman–Crippen MR) is 105 cm³/mol. The molecule has 4 rings (SSSR count). The topological polar surface area (TPSA) is 63.1 Å². The Morgan fingerprint density at radius 2 is 2.07 bits per heavy atom. The van der Waals surface area contributed by atoms with Crippen LogP contribution in [-0.4, -0.2) is 35.4 Å². The summed E-state index contributed by atoms with van der Waals surface area (Å²) in [6.45, 7) is 4.28. The van der Waals surface area contributed by atoms with E-state index in [0.29, 0.717) is 13.0 Å². The fourth-order valence-electron chi connectivity index (χ4n) is 4.41. The Balaban J connectivity index is 1.63. The van der Waals surface area contributed by atoms with Gasteiger partial charge in [0.05, 0.1) is 6.42 Å². The summed E-state index contributed by atoms with van der Waals surface area (Å²) in [6, 6.07) is 6.61. The van der Waals surface area contributed by atoms with Gasteiger partial charge in [0.2, 0.25) is 5.91 Å². The first-order chi connectivity index (χ1) is 13.5. The van der Waals surface area contributed by atoms with Gasteiger partial charge in [-0.3, -0.25) is 9.59 Å². The summed E-state index contributed by atoms with van der Waals surface area (Å²) in [5.41, 5.74) is 4.55. The highest BCUT2D eigenvalue weighted by molar-refractivity contribution is 6.01. The molecule has 2 N–H and O–H groups in total. The molecule has 1 aliphatic carbocycles. The standard InChI is InChI=1S/C22H26FN3O2/c1-14-18(11-21(28)25-17-9-10-24-12-17)22-19(3-2-4-20(22)27)26(14)13-15-5-7-16(23)8-6-15/h5-8,17,24H,2-4,9-13H2,1H3,(H,25,28)/t17-/m1/s1. The summed E-state index contributed by atoms with van der Waals surface area (Å²) in [7, 11) is 0. The first-order valence-electron chi connectivity index (χ1n) is 10.0. The number of rotatable bonds is 5. The van der Waals surface area contributed by atoms with Crippen molar-refractivity contribution in [2.75, 3.05) is 13.1 Å². The Kier molecular flexibility index (Phi) is 5.31. The molecular formula is C22H26FN3O2. The molecule has 0 spiro atoms. The van der Waals surface area contributed by atoms with E-state index in [0.717, 1.165) is 60.4 Å². The van der Waals surface area contributed by atoms with E-state index in [1.165, 1.54) is 12.1 Å². The summed E-state index contributed by atoms with van der Waals surface area (Å²) >= 11 is 0. The van der Waals surface area contributed by atoms with E-state index in [4.69, 9.17) is 0 Å². The maximum atomic E-state index is 13.2. The van der Waals surface area contributed by atoms with Crippen LogP contribution in [0, 0.1) is 12.7 Å². The van der Waals surface area contributed by atoms with E-state index in [2.05, 4.69) is 15.2 Å². The number of carbonyl (C=O) groups excluding carboxylic acids is 2. The molecule has 148 valence electrons. The van der Waals surface area contributed by atoms with Gasteiger partial charge in [0, 0.05) is 42.5 Å². The zero-order chi connectivity index (χ0) is 19.7. The molecule has 1 saturated heterocycles. The Hall–Kier alpha value is -2.47. The molecule has 1 atom stereocenters. The highest BCUT2D eigenvalue weighted by Crippen LogP contribution is 2.31. The molecule has 0 unspecified atom stereocenters. The number of fused-ring (bicyclic) bond motifs is 1. The first kappa shape index (κ1) is 18.9. The normalized spacial score (nSPS) is 18.9. The van der Waals surface area contributed by atoms with Crippen LogP contribution >= 0.6 is 0 Å². The predicted octanol–water partition coefficient (Wildman–Crippen LogP) is 2.52. The lowest BCUT2D eigenvalue weighted by atomic mass is 9.92. The molecule has 5 nitrogen and oxygen atoms in total. The number of carbonyl (C=O) groups is 2. The molecule has 0 saturated carbocycles. The summed E-state index contributed by atoms with van der Waals surface area (Å²) in [6.07, 6.45) is 3.36. The third kappa shape index (κ3) is 3.74. The van der Waals surface area contributed by atoms with Crippen molar-refractivity contribution in [3.05, 3.63) is 58.2 Å². The van der Waals surface area contributed by atoms with Crippen molar-refractivity contribution >= 4 is 11.7 Å². The summed E-state index contributed by atoms with van der Waals surface area (Å²) in [4.78, 5) is 25.3. The van der Waals surface area contributed by atoms with Gasteiger partial charge in [0.1, 0.15) is 5.82 Å². The molecule has 1 amide bonds. The molecule has 2 heterocycles. The molecule has 0 radical (unpaired) electrons. The van der Waals surface area contributed by atoms with Crippen molar-refractivity contribution in [3.63, 3.8) is 0 Å². The van der Waals surface area contributed by atoms with Crippen LogP contribution in [0.1, 0.15) is 52.1 Å². The number of amides is 1. The number of Topliss-reactive ketones (excluding diaryl/α,β-unsaturated/α-hetero) is 1. The van der Waals surface area contributed by atoms with E-state index in [1.54, 1.807) is 12.1 Å². The van der Waals surface area contributed by atoms with Gasteiger partial charge in [0.25, 0.3) is 0 Å². The number of ketones is 1. The van der Waals surface area contributed by atoms with E-state index in [1.807, 2.05) is 6.92 Å². The van der Waals surface area contributed by atoms with Gasteiger partial charge in [-0.05, 0) is 56.0 Å². The Morgan fingerprint density at radius 3 is 2.79 bits per heavy atom. The number of hydrogen-bond acceptors (Lipinski definition) is 3. The highest BCUT2D eigenvalue weighted by Gasteiger charge is 2.29. The lowest BCUT2D eigenvalue weighted by Gasteiger charge is -2.16. The molecule has 6 heteroatoms. The molecule has 2 aliphatic rings. The number of nitrogens with zero attached hydrogens (tertiary/aromatic N) is 1. The highest BCUT2D eigenvalue weighted by atomic mass is 19.1. The fourth-order valence-corrected chi connectivity index (χ4v) is 4.41. The summed E-state index contributed by atoms with van der Waals surface area (Å²) in [5, 5.41) is 6.32. The van der Waals surface area contributed by atoms with Crippen molar-refractivity contribution in [1.82, 2.24) is 15.2 Å². The van der Waals surface area contributed by atoms with E-state index in [9.17, 15) is 14.0 Å². The van der Waals surface area contributed by atoms with Crippen LogP contribution in [0.25, 0.3) is 0 Å². The second-order valence-electron chi connectivity index (χ2n) is 7.81. The van der Waals surface area contributed by atoms with Crippen LogP contribution in [-0.2, 0) is 24.2 Å².